The molecule has 0 aliphatic rings. The van der Waals surface area contributed by atoms with Crippen LogP contribution in [0.2, 0.25) is 0 Å². The molecule has 0 atom stereocenters. The zero-order chi connectivity index (χ0) is 13.9. The fourth-order valence-electron chi connectivity index (χ4n) is 1.56. The maximum absolute atomic E-state index is 12.4. The summed E-state index contributed by atoms with van der Waals surface area (Å²) in [7, 11) is -2.25. The van der Waals surface area contributed by atoms with E-state index < -0.39 is 10.0 Å². The smallest absolute Gasteiger partial charge is 0.262 e. The first-order valence-electron chi connectivity index (χ1n) is 5.41. The number of nitrogens with one attached hydrogen (secondary N) is 2. The molecule has 4 N–H and O–H groups in total. The molecule has 0 spiro atoms. The maximum atomic E-state index is 12.4. The Bertz CT molecular complexity index is 640. The number of nitrogens with zero attached hydrogens (tertiary/aromatic N) is 3. The molecule has 0 radical (unpaired) electrons. The summed E-state index contributed by atoms with van der Waals surface area (Å²) in [5, 5.41) is 6.29. The first-order valence-corrected chi connectivity index (χ1v) is 6.85. The molecule has 2 aromatic rings. The molecular weight excluding hydrogens is 268 g/mol. The monoisotopic (exact) mass is 282 g/mol. The summed E-state index contributed by atoms with van der Waals surface area (Å²) < 4.78 is 25.9. The van der Waals surface area contributed by atoms with Crippen LogP contribution in [0, 0.1) is 0 Å². The second-order valence-electron chi connectivity index (χ2n) is 3.87. The number of aromatic amines is 1. The van der Waals surface area contributed by atoms with Gasteiger partial charge in [-0.1, -0.05) is 0 Å². The van der Waals surface area contributed by atoms with Crippen molar-refractivity contribution in [1.82, 2.24) is 19.5 Å². The summed E-state index contributed by atoms with van der Waals surface area (Å²) in [6.07, 6.45) is 4.60. The Morgan fingerprint density at radius 1 is 1.53 bits per heavy atom. The van der Waals surface area contributed by atoms with Crippen LogP contribution in [-0.4, -0.2) is 35.0 Å². The van der Waals surface area contributed by atoms with Crippen molar-refractivity contribution in [3.8, 4) is 0 Å². The number of hydrazine groups is 1. The molecule has 102 valence electrons. The van der Waals surface area contributed by atoms with Crippen molar-refractivity contribution in [3.05, 3.63) is 36.3 Å². The molecule has 9 heteroatoms. The molecule has 0 aliphatic carbocycles. The normalized spacial score (nSPS) is 11.7. The Kier molecular flexibility index (Phi) is 3.79. The van der Waals surface area contributed by atoms with Gasteiger partial charge in [0.2, 0.25) is 0 Å². The van der Waals surface area contributed by atoms with E-state index in [0.717, 1.165) is 5.56 Å². The van der Waals surface area contributed by atoms with Crippen molar-refractivity contribution in [2.45, 2.75) is 11.6 Å². The molecule has 2 rings (SSSR count). The van der Waals surface area contributed by atoms with Crippen molar-refractivity contribution in [1.29, 1.82) is 0 Å². The molecule has 0 bridgehead atoms. The van der Waals surface area contributed by atoms with E-state index >= 15 is 0 Å². The summed E-state index contributed by atoms with van der Waals surface area (Å²) >= 11 is 0. The first-order chi connectivity index (χ1) is 9.05. The number of nitrogen functional groups attached to an aromatic ring is 1. The average Bonchev–Trinajstić information content (AvgIpc) is 2.91. The zero-order valence-electron chi connectivity index (χ0n) is 10.2. The fraction of sp³-hybridized carbons (Fsp3) is 0.200. The topological polar surface area (TPSA) is 117 Å². The number of pyridine rings is 1. The van der Waals surface area contributed by atoms with E-state index in [1.165, 1.54) is 17.5 Å². The van der Waals surface area contributed by atoms with Crippen LogP contribution >= 0.6 is 0 Å². The number of nitrogens with two attached hydrogens (primary N) is 1. The van der Waals surface area contributed by atoms with Gasteiger partial charge in [0, 0.05) is 31.5 Å². The van der Waals surface area contributed by atoms with E-state index in [1.54, 1.807) is 24.5 Å². The van der Waals surface area contributed by atoms with E-state index in [4.69, 9.17) is 5.84 Å². The van der Waals surface area contributed by atoms with Crippen molar-refractivity contribution >= 4 is 15.7 Å². The van der Waals surface area contributed by atoms with Crippen LogP contribution in [0.1, 0.15) is 5.56 Å². The molecule has 2 heterocycles. The van der Waals surface area contributed by atoms with Gasteiger partial charge in [-0.2, -0.15) is 9.40 Å². The van der Waals surface area contributed by atoms with Crippen molar-refractivity contribution in [3.63, 3.8) is 0 Å². The van der Waals surface area contributed by atoms with Gasteiger partial charge in [-0.05, 0) is 12.1 Å². The van der Waals surface area contributed by atoms with E-state index in [2.05, 4.69) is 20.6 Å². The second kappa shape index (κ2) is 5.34. The molecule has 2 aromatic heterocycles. The summed E-state index contributed by atoms with van der Waals surface area (Å²) in [5.41, 5.74) is 3.33. The third-order valence-electron chi connectivity index (χ3n) is 2.54. The van der Waals surface area contributed by atoms with Crippen LogP contribution < -0.4 is 11.3 Å². The van der Waals surface area contributed by atoms with Crippen molar-refractivity contribution in [2.24, 2.45) is 5.84 Å². The highest BCUT2D eigenvalue weighted by Crippen LogP contribution is 2.21. The molecule has 19 heavy (non-hydrogen) atoms. The predicted octanol–water partition coefficient (Wildman–Crippen LogP) is -0.0890. The maximum Gasteiger partial charge on any atom is 0.262 e. The molecule has 0 aromatic carbocycles. The number of hydrogen-bond donors (Lipinski definition) is 3. The molecule has 0 amide bonds. The Hall–Kier alpha value is -1.97. The lowest BCUT2D eigenvalue weighted by Gasteiger charge is -2.17. The molecule has 0 saturated heterocycles. The molecule has 0 fully saturated rings. The number of H-pyrrole nitrogens is 1. The molecule has 0 saturated carbocycles. The highest BCUT2D eigenvalue weighted by Gasteiger charge is 2.25. The summed E-state index contributed by atoms with van der Waals surface area (Å²) in [6.45, 7) is 0.194. The van der Waals surface area contributed by atoms with Crippen LogP contribution in [0.25, 0.3) is 0 Å². The van der Waals surface area contributed by atoms with E-state index in [9.17, 15) is 8.42 Å². The van der Waals surface area contributed by atoms with Gasteiger partial charge in [0.1, 0.15) is 0 Å². The lowest BCUT2D eigenvalue weighted by atomic mass is 10.4. The molecule has 0 unspecified atom stereocenters. The van der Waals surface area contributed by atoms with Gasteiger partial charge in [0.25, 0.3) is 10.0 Å². The van der Waals surface area contributed by atoms with Crippen molar-refractivity contribution < 1.29 is 8.42 Å². The van der Waals surface area contributed by atoms with Gasteiger partial charge < -0.3 is 5.43 Å². The van der Waals surface area contributed by atoms with Gasteiger partial charge in [-0.15, -0.1) is 0 Å². The van der Waals surface area contributed by atoms with Crippen LogP contribution in [-0.2, 0) is 16.6 Å². The van der Waals surface area contributed by atoms with E-state index in [0.29, 0.717) is 0 Å². The highest BCUT2D eigenvalue weighted by molar-refractivity contribution is 7.89. The van der Waals surface area contributed by atoms with Crippen LogP contribution in [0.4, 0.5) is 5.69 Å². The summed E-state index contributed by atoms with van der Waals surface area (Å²) in [4.78, 5) is 3.88. The standard InChI is InChI=1S/C10H14N6O2S/c1-16(7-8-5-13-14-6-8)19(17,18)10-9(15-11)3-2-4-12-10/h2-6,15H,7,11H2,1H3,(H,13,14). The number of aromatic nitrogens is 3. The van der Waals surface area contributed by atoms with Gasteiger partial charge >= 0.3 is 0 Å². The van der Waals surface area contributed by atoms with Crippen LogP contribution in [0.15, 0.2) is 35.7 Å². The minimum absolute atomic E-state index is 0.108. The van der Waals surface area contributed by atoms with Crippen molar-refractivity contribution in [2.75, 3.05) is 12.5 Å². The predicted molar refractivity (Wildman–Crippen MR) is 69.3 cm³/mol. The van der Waals surface area contributed by atoms with Gasteiger partial charge in [-0.25, -0.2) is 13.4 Å². The number of rotatable bonds is 5. The minimum Gasteiger partial charge on any atom is -0.321 e. The Morgan fingerprint density at radius 3 is 2.95 bits per heavy atom. The second-order valence-corrected chi connectivity index (χ2v) is 5.83. The van der Waals surface area contributed by atoms with E-state index in [-0.39, 0.29) is 17.3 Å². The Labute approximate surface area is 110 Å². The van der Waals surface area contributed by atoms with Crippen LogP contribution in [0.5, 0.6) is 0 Å². The van der Waals surface area contributed by atoms with Crippen LogP contribution in [0.3, 0.4) is 0 Å². The summed E-state index contributed by atoms with van der Waals surface area (Å²) in [5.74, 6) is 5.30. The Balaban J connectivity index is 2.31. The fourth-order valence-corrected chi connectivity index (χ4v) is 2.77. The minimum atomic E-state index is -3.72. The third-order valence-corrected chi connectivity index (χ3v) is 4.31. The largest absolute Gasteiger partial charge is 0.321 e. The molecular formula is C10H14N6O2S. The summed E-state index contributed by atoms with van der Waals surface area (Å²) in [6, 6.07) is 3.15. The lowest BCUT2D eigenvalue weighted by molar-refractivity contribution is 0.464. The SMILES string of the molecule is CN(Cc1cn[nH]c1)S(=O)(=O)c1ncccc1NN. The number of anilines is 1. The molecule has 0 aliphatic heterocycles. The highest BCUT2D eigenvalue weighted by atomic mass is 32.2. The lowest BCUT2D eigenvalue weighted by Crippen LogP contribution is -2.28. The van der Waals surface area contributed by atoms with Gasteiger partial charge in [0.05, 0.1) is 11.9 Å². The Morgan fingerprint density at radius 2 is 2.32 bits per heavy atom. The van der Waals surface area contributed by atoms with Gasteiger partial charge in [0.15, 0.2) is 5.03 Å². The number of sulfonamides is 1. The first kappa shape index (κ1) is 13.5. The number of hydrogen-bond acceptors (Lipinski definition) is 6. The average molecular weight is 282 g/mol. The molecule has 8 nitrogen and oxygen atoms in total. The quantitative estimate of drug-likeness (QED) is 0.521. The van der Waals surface area contributed by atoms with Gasteiger partial charge in [-0.3, -0.25) is 10.9 Å². The third kappa shape index (κ3) is 2.72. The van der Waals surface area contributed by atoms with E-state index in [1.807, 2.05) is 0 Å². The zero-order valence-corrected chi connectivity index (χ0v) is 11.1.